The molecule has 0 amide bonds. The van der Waals surface area contributed by atoms with E-state index >= 15 is 0 Å². The molecule has 0 aromatic heterocycles. The third-order valence-electron chi connectivity index (χ3n) is 6.14. The van der Waals surface area contributed by atoms with Crippen LogP contribution < -0.4 is 0 Å². The van der Waals surface area contributed by atoms with Crippen molar-refractivity contribution in [3.8, 4) is 11.1 Å². The molecule has 38 heavy (non-hydrogen) atoms. The molecule has 0 saturated carbocycles. The van der Waals surface area contributed by atoms with Crippen LogP contribution in [-0.2, 0) is 45.4 Å². The Morgan fingerprint density at radius 1 is 0.500 bits per heavy atom. The van der Waals surface area contributed by atoms with Crippen LogP contribution in [0.2, 0.25) is 0 Å². The van der Waals surface area contributed by atoms with E-state index in [2.05, 4.69) is 72.8 Å². The zero-order valence-corrected chi connectivity index (χ0v) is 22.3. The Balaban J connectivity index is 1.16. The van der Waals surface area contributed by atoms with Gasteiger partial charge in [0.05, 0.1) is 39.1 Å². The van der Waals surface area contributed by atoms with Crippen LogP contribution in [0, 0.1) is 0 Å². The van der Waals surface area contributed by atoms with E-state index in [1.807, 2.05) is 43.3 Å². The number of rotatable bonds is 16. The first-order valence-corrected chi connectivity index (χ1v) is 13.4. The van der Waals surface area contributed by atoms with Gasteiger partial charge in [-0.2, -0.15) is 0 Å². The smallest absolute Gasteiger partial charge is 0.0785 e. The van der Waals surface area contributed by atoms with Crippen LogP contribution >= 0.6 is 0 Å². The lowest BCUT2D eigenvalue weighted by Crippen LogP contribution is -2.15. The highest BCUT2D eigenvalue weighted by Gasteiger charge is 2.06. The van der Waals surface area contributed by atoms with Crippen LogP contribution in [0.1, 0.15) is 35.6 Å². The molecule has 1 unspecified atom stereocenters. The van der Waals surface area contributed by atoms with E-state index in [0.29, 0.717) is 46.2 Å². The Bertz CT molecular complexity index is 1190. The van der Waals surface area contributed by atoms with Gasteiger partial charge in [0.15, 0.2) is 0 Å². The quantitative estimate of drug-likeness (QED) is 0.145. The van der Waals surface area contributed by atoms with E-state index in [1.54, 1.807) is 0 Å². The fourth-order valence-electron chi connectivity index (χ4n) is 4.10. The fraction of sp³-hybridized carbons (Fsp3) is 0.294. The Morgan fingerprint density at radius 2 is 0.974 bits per heavy atom. The summed E-state index contributed by atoms with van der Waals surface area (Å²) in [6.07, 6.45) is 0.899. The van der Waals surface area contributed by atoms with E-state index in [9.17, 15) is 0 Å². The highest BCUT2D eigenvalue weighted by Crippen LogP contribution is 2.22. The second-order valence-electron chi connectivity index (χ2n) is 9.47. The number of ether oxygens (including phenoxy) is 4. The number of hydrogen-bond donors (Lipinski definition) is 0. The fourth-order valence-corrected chi connectivity index (χ4v) is 4.10. The topological polar surface area (TPSA) is 36.9 Å². The van der Waals surface area contributed by atoms with Crippen molar-refractivity contribution in [2.24, 2.45) is 0 Å². The Morgan fingerprint density at radius 3 is 1.55 bits per heavy atom. The van der Waals surface area contributed by atoms with Gasteiger partial charge >= 0.3 is 0 Å². The van der Waals surface area contributed by atoms with Gasteiger partial charge in [-0.1, -0.05) is 97.1 Å². The second-order valence-corrected chi connectivity index (χ2v) is 9.47. The molecule has 0 aliphatic rings. The molecule has 0 fully saturated rings. The molecule has 4 nitrogen and oxygen atoms in total. The third kappa shape index (κ3) is 9.88. The SMILES string of the molecule is CC(COCc1ccccc1)OCc1cccc(-c2cccc(COCCCOCc3ccccc3)c2)c1. The molecule has 4 aromatic carbocycles. The van der Waals surface area contributed by atoms with Gasteiger partial charge < -0.3 is 18.9 Å². The van der Waals surface area contributed by atoms with Crippen molar-refractivity contribution in [3.63, 3.8) is 0 Å². The van der Waals surface area contributed by atoms with E-state index in [0.717, 1.165) is 12.0 Å². The van der Waals surface area contributed by atoms with Gasteiger partial charge in [-0.15, -0.1) is 0 Å². The molecule has 198 valence electrons. The zero-order valence-electron chi connectivity index (χ0n) is 22.3. The van der Waals surface area contributed by atoms with Gasteiger partial charge in [0, 0.05) is 13.2 Å². The molecule has 4 rings (SSSR count). The van der Waals surface area contributed by atoms with Gasteiger partial charge in [-0.05, 0) is 58.9 Å². The summed E-state index contributed by atoms with van der Waals surface area (Å²) in [4.78, 5) is 0. The Hall–Kier alpha value is -3.28. The molecule has 0 N–H and O–H groups in total. The van der Waals surface area contributed by atoms with Crippen LogP contribution in [0.15, 0.2) is 109 Å². The number of benzene rings is 4. The van der Waals surface area contributed by atoms with E-state index in [4.69, 9.17) is 18.9 Å². The highest BCUT2D eigenvalue weighted by atomic mass is 16.5. The van der Waals surface area contributed by atoms with Gasteiger partial charge in [0.25, 0.3) is 0 Å². The summed E-state index contributed by atoms with van der Waals surface area (Å²) in [6, 6.07) is 37.5. The van der Waals surface area contributed by atoms with E-state index < -0.39 is 0 Å². The van der Waals surface area contributed by atoms with Gasteiger partial charge in [-0.3, -0.25) is 0 Å². The first kappa shape index (κ1) is 27.7. The lowest BCUT2D eigenvalue weighted by Gasteiger charge is -2.14. The lowest BCUT2D eigenvalue weighted by atomic mass is 10.0. The maximum atomic E-state index is 6.04. The molecule has 1 atom stereocenters. The molecular weight excluding hydrogens is 472 g/mol. The molecule has 0 bridgehead atoms. The van der Waals surface area contributed by atoms with Gasteiger partial charge in [-0.25, -0.2) is 0 Å². The number of hydrogen-bond acceptors (Lipinski definition) is 4. The molecular formula is C34H38O4. The van der Waals surface area contributed by atoms with Crippen molar-refractivity contribution < 1.29 is 18.9 Å². The van der Waals surface area contributed by atoms with Crippen molar-refractivity contribution in [3.05, 3.63) is 131 Å². The minimum absolute atomic E-state index is 0.0200. The molecule has 0 radical (unpaired) electrons. The maximum Gasteiger partial charge on any atom is 0.0785 e. The Kier molecular flexibility index (Phi) is 11.6. The zero-order chi connectivity index (χ0) is 26.3. The summed E-state index contributed by atoms with van der Waals surface area (Å²) in [5.41, 5.74) is 7.04. The predicted octanol–water partition coefficient (Wildman–Crippen LogP) is 7.60. The van der Waals surface area contributed by atoms with Gasteiger partial charge in [0.1, 0.15) is 0 Å². The lowest BCUT2D eigenvalue weighted by molar-refractivity contribution is -0.0197. The van der Waals surface area contributed by atoms with Crippen LogP contribution in [0.25, 0.3) is 11.1 Å². The normalized spacial score (nSPS) is 11.9. The largest absolute Gasteiger partial charge is 0.377 e. The molecule has 4 aromatic rings. The van der Waals surface area contributed by atoms with Crippen molar-refractivity contribution in [1.82, 2.24) is 0 Å². The minimum Gasteiger partial charge on any atom is -0.377 e. The maximum absolute atomic E-state index is 6.04. The minimum atomic E-state index is 0.0200. The van der Waals surface area contributed by atoms with Crippen molar-refractivity contribution in [2.45, 2.75) is 45.9 Å². The molecule has 0 aliphatic carbocycles. The van der Waals surface area contributed by atoms with Crippen LogP contribution in [-0.4, -0.2) is 25.9 Å². The summed E-state index contributed by atoms with van der Waals surface area (Å²) in [6.45, 7) is 6.39. The summed E-state index contributed by atoms with van der Waals surface area (Å²) < 4.78 is 23.5. The highest BCUT2D eigenvalue weighted by molar-refractivity contribution is 5.64. The van der Waals surface area contributed by atoms with Crippen LogP contribution in [0.3, 0.4) is 0 Å². The standard InChI is InChI=1S/C34H38O4/c1-28(23-37-25-30-13-6-3-7-14-30)38-27-32-16-9-18-34(22-32)33-17-8-15-31(21-33)26-36-20-10-19-35-24-29-11-4-2-5-12-29/h2-9,11-18,21-22,28H,10,19-20,23-27H2,1H3. The summed E-state index contributed by atoms with van der Waals surface area (Å²) in [5, 5.41) is 0. The monoisotopic (exact) mass is 510 g/mol. The summed E-state index contributed by atoms with van der Waals surface area (Å²) >= 11 is 0. The average Bonchev–Trinajstić information content (AvgIpc) is 2.97. The van der Waals surface area contributed by atoms with Crippen molar-refractivity contribution >= 4 is 0 Å². The molecule has 0 heterocycles. The first-order chi connectivity index (χ1) is 18.8. The average molecular weight is 511 g/mol. The van der Waals surface area contributed by atoms with E-state index in [-0.39, 0.29) is 6.10 Å². The van der Waals surface area contributed by atoms with Crippen LogP contribution in [0.5, 0.6) is 0 Å². The summed E-state index contributed by atoms with van der Waals surface area (Å²) in [5.74, 6) is 0. The third-order valence-corrected chi connectivity index (χ3v) is 6.14. The van der Waals surface area contributed by atoms with Crippen LogP contribution in [0.4, 0.5) is 0 Å². The molecule has 0 aliphatic heterocycles. The first-order valence-electron chi connectivity index (χ1n) is 13.4. The molecule has 4 heteroatoms. The van der Waals surface area contributed by atoms with Gasteiger partial charge in [0.2, 0.25) is 0 Å². The van der Waals surface area contributed by atoms with Crippen molar-refractivity contribution in [1.29, 1.82) is 0 Å². The predicted molar refractivity (Wildman–Crippen MR) is 153 cm³/mol. The summed E-state index contributed by atoms with van der Waals surface area (Å²) in [7, 11) is 0. The van der Waals surface area contributed by atoms with Crippen molar-refractivity contribution in [2.75, 3.05) is 19.8 Å². The second kappa shape index (κ2) is 15.9. The molecule has 0 saturated heterocycles. The van der Waals surface area contributed by atoms with E-state index in [1.165, 1.54) is 27.8 Å². The Labute approximate surface area is 227 Å². The molecule has 0 spiro atoms.